The average Bonchev–Trinajstić information content (AvgIpc) is 3.03. The Bertz CT molecular complexity index is 805. The standard InChI is InChI=1S/C18H17NO3S/c1-3-7-14(20)19-17-15(18(21)22-4-2)13-10-11-8-5-6-9-12(11)16(13)23-17/h3,5-9H,4,10H2,1-2H3,(H,19,20)/b7-3+. The van der Waals surface area contributed by atoms with E-state index in [-0.39, 0.29) is 11.9 Å². The lowest BCUT2D eigenvalue weighted by atomic mass is 10.1. The number of rotatable bonds is 4. The quantitative estimate of drug-likeness (QED) is 0.582. The number of allylic oxidation sites excluding steroid dienone is 1. The highest BCUT2D eigenvalue weighted by Gasteiger charge is 2.31. The van der Waals surface area contributed by atoms with E-state index in [1.807, 2.05) is 18.2 Å². The molecule has 0 bridgehead atoms. The molecular weight excluding hydrogens is 310 g/mol. The number of nitrogens with one attached hydrogen (secondary N) is 1. The van der Waals surface area contributed by atoms with E-state index < -0.39 is 0 Å². The summed E-state index contributed by atoms with van der Waals surface area (Å²) in [5, 5.41) is 3.36. The predicted molar refractivity (Wildman–Crippen MR) is 92.0 cm³/mol. The van der Waals surface area contributed by atoms with Gasteiger partial charge in [0.1, 0.15) is 5.00 Å². The number of anilines is 1. The molecule has 23 heavy (non-hydrogen) atoms. The highest BCUT2D eigenvalue weighted by atomic mass is 32.1. The summed E-state index contributed by atoms with van der Waals surface area (Å²) in [6.45, 7) is 3.85. The summed E-state index contributed by atoms with van der Waals surface area (Å²) in [6, 6.07) is 8.09. The molecule has 0 radical (unpaired) electrons. The molecule has 0 atom stereocenters. The first-order chi connectivity index (χ1) is 11.2. The van der Waals surface area contributed by atoms with E-state index in [9.17, 15) is 9.59 Å². The molecule has 1 N–H and O–H groups in total. The molecular formula is C18H17NO3S. The molecule has 1 aromatic carbocycles. The van der Waals surface area contributed by atoms with Gasteiger partial charge < -0.3 is 10.1 Å². The van der Waals surface area contributed by atoms with Gasteiger partial charge in [-0.3, -0.25) is 4.79 Å². The van der Waals surface area contributed by atoms with E-state index in [0.717, 1.165) is 16.0 Å². The van der Waals surface area contributed by atoms with Crippen LogP contribution in [-0.4, -0.2) is 18.5 Å². The number of carbonyl (C=O) groups excluding carboxylic acids is 2. The molecule has 1 aromatic heterocycles. The van der Waals surface area contributed by atoms with Gasteiger partial charge in [-0.2, -0.15) is 0 Å². The van der Waals surface area contributed by atoms with Crippen molar-refractivity contribution in [2.45, 2.75) is 20.3 Å². The van der Waals surface area contributed by atoms with Crippen molar-refractivity contribution in [1.82, 2.24) is 0 Å². The van der Waals surface area contributed by atoms with Crippen LogP contribution in [0.5, 0.6) is 0 Å². The third-order valence-electron chi connectivity index (χ3n) is 3.67. The maximum Gasteiger partial charge on any atom is 0.341 e. The fourth-order valence-corrected chi connectivity index (χ4v) is 4.02. The second-order valence-electron chi connectivity index (χ2n) is 5.16. The Morgan fingerprint density at radius 3 is 2.87 bits per heavy atom. The number of hydrogen-bond donors (Lipinski definition) is 1. The van der Waals surface area contributed by atoms with Gasteiger partial charge in [0.15, 0.2) is 0 Å². The lowest BCUT2D eigenvalue weighted by molar-refractivity contribution is -0.111. The van der Waals surface area contributed by atoms with E-state index >= 15 is 0 Å². The van der Waals surface area contributed by atoms with Gasteiger partial charge in [0.25, 0.3) is 0 Å². The molecule has 5 heteroatoms. The molecule has 0 spiro atoms. The minimum Gasteiger partial charge on any atom is -0.462 e. The van der Waals surface area contributed by atoms with Gasteiger partial charge in [0, 0.05) is 11.3 Å². The lowest BCUT2D eigenvalue weighted by Crippen LogP contribution is -2.13. The summed E-state index contributed by atoms with van der Waals surface area (Å²) in [7, 11) is 0. The van der Waals surface area contributed by atoms with E-state index in [1.54, 1.807) is 19.9 Å². The zero-order chi connectivity index (χ0) is 16.4. The average molecular weight is 327 g/mol. The van der Waals surface area contributed by atoms with Gasteiger partial charge >= 0.3 is 5.97 Å². The molecule has 1 amide bonds. The molecule has 0 saturated heterocycles. The zero-order valence-corrected chi connectivity index (χ0v) is 13.8. The normalized spacial score (nSPS) is 12.1. The van der Waals surface area contributed by atoms with E-state index in [4.69, 9.17) is 4.74 Å². The van der Waals surface area contributed by atoms with Gasteiger partial charge in [-0.1, -0.05) is 30.3 Å². The fourth-order valence-electron chi connectivity index (χ4n) is 2.75. The minimum absolute atomic E-state index is 0.244. The van der Waals surface area contributed by atoms with Crippen LogP contribution in [0.2, 0.25) is 0 Å². The monoisotopic (exact) mass is 327 g/mol. The molecule has 118 valence electrons. The van der Waals surface area contributed by atoms with Crippen molar-refractivity contribution in [3.05, 3.63) is 53.1 Å². The summed E-state index contributed by atoms with van der Waals surface area (Å²) in [5.41, 5.74) is 3.77. The Morgan fingerprint density at radius 1 is 1.35 bits per heavy atom. The highest BCUT2D eigenvalue weighted by molar-refractivity contribution is 7.20. The predicted octanol–water partition coefficient (Wildman–Crippen LogP) is 4.01. The molecule has 3 rings (SSSR count). The van der Waals surface area contributed by atoms with E-state index in [0.29, 0.717) is 23.6 Å². The Hall–Kier alpha value is -2.40. The molecule has 0 unspecified atom stereocenters. The van der Waals surface area contributed by atoms with Gasteiger partial charge in [0.05, 0.1) is 12.2 Å². The molecule has 1 heterocycles. The molecule has 4 nitrogen and oxygen atoms in total. The number of amides is 1. The number of carbonyl (C=O) groups is 2. The number of thiophene rings is 1. The highest BCUT2D eigenvalue weighted by Crippen LogP contribution is 2.47. The summed E-state index contributed by atoms with van der Waals surface area (Å²) in [6.07, 6.45) is 3.79. The molecule has 1 aliphatic rings. The summed E-state index contributed by atoms with van der Waals surface area (Å²) >= 11 is 1.43. The van der Waals surface area contributed by atoms with Gasteiger partial charge in [-0.05, 0) is 36.6 Å². The van der Waals surface area contributed by atoms with Gasteiger partial charge in [-0.15, -0.1) is 11.3 Å². The second-order valence-corrected chi connectivity index (χ2v) is 6.18. The van der Waals surface area contributed by atoms with Crippen molar-refractivity contribution in [3.63, 3.8) is 0 Å². The third kappa shape index (κ3) is 2.80. The van der Waals surface area contributed by atoms with Gasteiger partial charge in [0.2, 0.25) is 5.91 Å². The molecule has 0 saturated carbocycles. The van der Waals surface area contributed by atoms with E-state index in [2.05, 4.69) is 11.4 Å². The smallest absolute Gasteiger partial charge is 0.341 e. The lowest BCUT2D eigenvalue weighted by Gasteiger charge is -2.06. The largest absolute Gasteiger partial charge is 0.462 e. The van der Waals surface area contributed by atoms with Crippen LogP contribution in [-0.2, 0) is 16.0 Å². The van der Waals surface area contributed by atoms with Crippen molar-refractivity contribution in [3.8, 4) is 10.4 Å². The first-order valence-corrected chi connectivity index (χ1v) is 8.32. The number of fused-ring (bicyclic) bond motifs is 3. The first-order valence-electron chi connectivity index (χ1n) is 7.50. The fraction of sp³-hybridized carbons (Fsp3) is 0.222. The van der Waals surface area contributed by atoms with Crippen LogP contribution in [0.3, 0.4) is 0 Å². The van der Waals surface area contributed by atoms with Crippen molar-refractivity contribution in [1.29, 1.82) is 0 Å². The van der Waals surface area contributed by atoms with E-state index in [1.165, 1.54) is 23.0 Å². The SMILES string of the molecule is C/C=C/C(=O)Nc1sc2c(c1C(=O)OCC)Cc1ccccc1-2. The van der Waals surface area contributed by atoms with Crippen LogP contribution >= 0.6 is 11.3 Å². The topological polar surface area (TPSA) is 55.4 Å². The van der Waals surface area contributed by atoms with Crippen LogP contribution in [0.4, 0.5) is 5.00 Å². The Labute approximate surface area is 138 Å². The van der Waals surface area contributed by atoms with Crippen molar-refractivity contribution in [2.75, 3.05) is 11.9 Å². The van der Waals surface area contributed by atoms with Crippen LogP contribution in [0.15, 0.2) is 36.4 Å². The first kappa shape index (κ1) is 15.5. The second kappa shape index (κ2) is 6.38. The maximum atomic E-state index is 12.4. The Morgan fingerprint density at radius 2 is 2.13 bits per heavy atom. The maximum absolute atomic E-state index is 12.4. The Kier molecular flexibility index (Phi) is 4.30. The van der Waals surface area contributed by atoms with Crippen LogP contribution < -0.4 is 5.32 Å². The Balaban J connectivity index is 2.07. The van der Waals surface area contributed by atoms with Crippen molar-refractivity contribution >= 4 is 28.2 Å². The number of benzene rings is 1. The number of hydrogen-bond acceptors (Lipinski definition) is 4. The molecule has 1 aliphatic carbocycles. The van der Waals surface area contributed by atoms with Crippen LogP contribution in [0, 0.1) is 0 Å². The molecule has 0 aliphatic heterocycles. The van der Waals surface area contributed by atoms with Crippen molar-refractivity contribution in [2.24, 2.45) is 0 Å². The molecule has 0 fully saturated rings. The third-order valence-corrected chi connectivity index (χ3v) is 4.85. The zero-order valence-electron chi connectivity index (χ0n) is 13.0. The summed E-state index contributed by atoms with van der Waals surface area (Å²) in [5.74, 6) is -0.625. The van der Waals surface area contributed by atoms with Crippen LogP contribution in [0.1, 0.15) is 35.3 Å². The summed E-state index contributed by atoms with van der Waals surface area (Å²) < 4.78 is 5.19. The van der Waals surface area contributed by atoms with Crippen LogP contribution in [0.25, 0.3) is 10.4 Å². The summed E-state index contributed by atoms with van der Waals surface area (Å²) in [4.78, 5) is 25.3. The number of esters is 1. The minimum atomic E-state index is -0.381. The van der Waals surface area contributed by atoms with Gasteiger partial charge in [-0.25, -0.2) is 4.79 Å². The number of ether oxygens (including phenoxy) is 1. The molecule has 2 aromatic rings. The van der Waals surface area contributed by atoms with Crippen molar-refractivity contribution < 1.29 is 14.3 Å².